The molecule has 1 aliphatic rings. The molecule has 1 N–H and O–H groups in total. The monoisotopic (exact) mass is 266 g/mol. The quantitative estimate of drug-likeness (QED) is 0.904. The Kier molecular flexibility index (Phi) is 3.53. The van der Waals surface area contributed by atoms with Gasteiger partial charge in [-0.15, -0.1) is 0 Å². The van der Waals surface area contributed by atoms with Crippen LogP contribution in [-0.4, -0.2) is 16.6 Å². The van der Waals surface area contributed by atoms with Gasteiger partial charge in [-0.05, 0) is 43.5 Å². The number of pyridine rings is 1. The Balaban J connectivity index is 1.78. The molecule has 1 saturated carbocycles. The van der Waals surface area contributed by atoms with Gasteiger partial charge in [-0.2, -0.15) is 5.26 Å². The van der Waals surface area contributed by atoms with Crippen molar-refractivity contribution in [1.82, 2.24) is 14.9 Å². The molecular formula is C16H18N4. The highest BCUT2D eigenvalue weighted by Crippen LogP contribution is 2.40. The zero-order valence-corrected chi connectivity index (χ0v) is 11.6. The van der Waals surface area contributed by atoms with Crippen LogP contribution in [0, 0.1) is 17.2 Å². The topological polar surface area (TPSA) is 53.6 Å². The van der Waals surface area contributed by atoms with Crippen molar-refractivity contribution in [1.29, 1.82) is 5.26 Å². The second kappa shape index (κ2) is 5.48. The minimum Gasteiger partial charge on any atom is -0.349 e. The Morgan fingerprint density at radius 2 is 2.35 bits per heavy atom. The Labute approximate surface area is 119 Å². The molecule has 1 fully saturated rings. The minimum atomic E-state index is 0.459. The molecule has 0 aliphatic heterocycles. The molecule has 0 amide bonds. The highest BCUT2D eigenvalue weighted by atomic mass is 15.0. The summed E-state index contributed by atoms with van der Waals surface area (Å²) in [5.74, 6) is 0.781. The van der Waals surface area contributed by atoms with Crippen molar-refractivity contribution in [2.75, 3.05) is 7.05 Å². The second-order valence-corrected chi connectivity index (χ2v) is 5.34. The smallest absolute Gasteiger partial charge is 0.145 e. The molecule has 1 atom stereocenters. The van der Waals surface area contributed by atoms with Crippen LogP contribution in [-0.2, 0) is 6.54 Å². The summed E-state index contributed by atoms with van der Waals surface area (Å²) in [6.45, 7) is 0.692. The van der Waals surface area contributed by atoms with Crippen molar-refractivity contribution < 1.29 is 0 Å². The molecule has 1 aliphatic carbocycles. The van der Waals surface area contributed by atoms with Crippen LogP contribution in [0.3, 0.4) is 0 Å². The van der Waals surface area contributed by atoms with Crippen molar-refractivity contribution in [3.8, 4) is 6.07 Å². The molecule has 0 bridgehead atoms. The van der Waals surface area contributed by atoms with E-state index >= 15 is 0 Å². The van der Waals surface area contributed by atoms with Gasteiger partial charge in [-0.1, -0.05) is 6.07 Å². The molecule has 0 aromatic carbocycles. The third kappa shape index (κ3) is 2.59. The first-order valence-electron chi connectivity index (χ1n) is 6.98. The maximum absolute atomic E-state index is 9.08. The average molecular weight is 266 g/mol. The van der Waals surface area contributed by atoms with E-state index in [1.807, 2.05) is 19.2 Å². The number of nitrogens with zero attached hydrogens (tertiary/aromatic N) is 3. The van der Waals surface area contributed by atoms with Gasteiger partial charge in [0, 0.05) is 36.7 Å². The van der Waals surface area contributed by atoms with E-state index in [0.29, 0.717) is 18.3 Å². The van der Waals surface area contributed by atoms with Crippen LogP contribution in [0.1, 0.15) is 35.7 Å². The van der Waals surface area contributed by atoms with E-state index < -0.39 is 0 Å². The van der Waals surface area contributed by atoms with Gasteiger partial charge in [0.05, 0.1) is 0 Å². The fraction of sp³-hybridized carbons (Fsp3) is 0.375. The maximum Gasteiger partial charge on any atom is 0.145 e. The first kappa shape index (κ1) is 12.9. The third-order valence-corrected chi connectivity index (χ3v) is 3.89. The fourth-order valence-electron chi connectivity index (χ4n) is 2.71. The summed E-state index contributed by atoms with van der Waals surface area (Å²) < 4.78 is 2.12. The van der Waals surface area contributed by atoms with E-state index in [4.69, 9.17) is 5.26 Å². The van der Waals surface area contributed by atoms with Crippen LogP contribution < -0.4 is 5.32 Å². The molecule has 20 heavy (non-hydrogen) atoms. The van der Waals surface area contributed by atoms with Crippen LogP contribution in [0.2, 0.25) is 0 Å². The Bertz CT molecular complexity index is 634. The Morgan fingerprint density at radius 3 is 3.05 bits per heavy atom. The van der Waals surface area contributed by atoms with E-state index in [-0.39, 0.29) is 0 Å². The van der Waals surface area contributed by atoms with E-state index in [1.54, 1.807) is 6.20 Å². The summed E-state index contributed by atoms with van der Waals surface area (Å²) in [6.07, 6.45) is 8.55. The van der Waals surface area contributed by atoms with Gasteiger partial charge in [-0.25, -0.2) is 4.98 Å². The van der Waals surface area contributed by atoms with Gasteiger partial charge in [0.25, 0.3) is 0 Å². The van der Waals surface area contributed by atoms with E-state index in [0.717, 1.165) is 11.5 Å². The van der Waals surface area contributed by atoms with E-state index in [2.05, 4.69) is 39.4 Å². The molecule has 3 rings (SSSR count). The lowest BCUT2D eigenvalue weighted by Gasteiger charge is -2.13. The van der Waals surface area contributed by atoms with E-state index in [1.165, 1.54) is 18.4 Å². The zero-order chi connectivity index (χ0) is 13.9. The van der Waals surface area contributed by atoms with Crippen molar-refractivity contribution in [3.63, 3.8) is 0 Å². The van der Waals surface area contributed by atoms with Gasteiger partial charge in [0.1, 0.15) is 11.8 Å². The van der Waals surface area contributed by atoms with Crippen LogP contribution >= 0.6 is 0 Å². The molecule has 4 nitrogen and oxygen atoms in total. The summed E-state index contributed by atoms with van der Waals surface area (Å²) in [5.41, 5.74) is 2.80. The summed E-state index contributed by atoms with van der Waals surface area (Å²) in [4.78, 5) is 4.10. The number of rotatable bonds is 5. The van der Waals surface area contributed by atoms with Gasteiger partial charge in [-0.3, -0.25) is 0 Å². The van der Waals surface area contributed by atoms with Crippen LogP contribution in [0.4, 0.5) is 0 Å². The summed E-state index contributed by atoms with van der Waals surface area (Å²) in [7, 11) is 2.02. The molecule has 4 heteroatoms. The number of nitrogens with one attached hydrogen (secondary N) is 1. The van der Waals surface area contributed by atoms with E-state index in [9.17, 15) is 0 Å². The molecular weight excluding hydrogens is 248 g/mol. The Morgan fingerprint density at radius 1 is 1.50 bits per heavy atom. The minimum absolute atomic E-state index is 0.459. The second-order valence-electron chi connectivity index (χ2n) is 5.34. The lowest BCUT2D eigenvalue weighted by Crippen LogP contribution is -2.17. The first-order chi connectivity index (χ1) is 9.81. The molecule has 1 unspecified atom stereocenters. The molecule has 2 aromatic rings. The normalized spacial score (nSPS) is 15.8. The molecule has 0 radical (unpaired) electrons. The van der Waals surface area contributed by atoms with Gasteiger partial charge < -0.3 is 9.88 Å². The lowest BCUT2D eigenvalue weighted by molar-refractivity contribution is 0.528. The number of aromatic nitrogens is 2. The van der Waals surface area contributed by atoms with Gasteiger partial charge >= 0.3 is 0 Å². The van der Waals surface area contributed by atoms with Crippen LogP contribution in [0.15, 0.2) is 36.8 Å². The SMILES string of the molecule is CNC(c1ccn(Cc2cccnc2C#N)c1)C1CC1. The highest BCUT2D eigenvalue weighted by Gasteiger charge is 2.31. The third-order valence-electron chi connectivity index (χ3n) is 3.89. The summed E-state index contributed by atoms with van der Waals surface area (Å²) in [6, 6.07) is 8.61. The fourth-order valence-corrected chi connectivity index (χ4v) is 2.71. The lowest BCUT2D eigenvalue weighted by atomic mass is 10.1. The Hall–Kier alpha value is -2.12. The zero-order valence-electron chi connectivity index (χ0n) is 11.6. The molecule has 2 aromatic heterocycles. The van der Waals surface area contributed by atoms with Crippen molar-refractivity contribution in [2.24, 2.45) is 5.92 Å². The molecule has 2 heterocycles. The standard InChI is InChI=1S/C16H18N4/c1-18-16(12-4-5-12)14-6-8-20(11-14)10-13-3-2-7-19-15(13)9-17/h2-3,6-8,11-12,16,18H,4-5,10H2,1H3. The predicted molar refractivity (Wildman–Crippen MR) is 77.0 cm³/mol. The average Bonchev–Trinajstić information content (AvgIpc) is 3.21. The number of hydrogen-bond acceptors (Lipinski definition) is 3. The summed E-state index contributed by atoms with van der Waals surface area (Å²) in [5, 5.41) is 12.5. The molecule has 0 saturated heterocycles. The number of hydrogen-bond donors (Lipinski definition) is 1. The molecule has 102 valence electrons. The predicted octanol–water partition coefficient (Wildman–Crippen LogP) is 2.47. The van der Waals surface area contributed by atoms with Gasteiger partial charge in [0.2, 0.25) is 0 Å². The van der Waals surface area contributed by atoms with Crippen molar-refractivity contribution >= 4 is 0 Å². The van der Waals surface area contributed by atoms with Gasteiger partial charge in [0.15, 0.2) is 0 Å². The first-order valence-corrected chi connectivity index (χ1v) is 6.98. The van der Waals surface area contributed by atoms with Crippen molar-refractivity contribution in [2.45, 2.75) is 25.4 Å². The summed E-state index contributed by atoms with van der Waals surface area (Å²) >= 11 is 0. The van der Waals surface area contributed by atoms with Crippen LogP contribution in [0.5, 0.6) is 0 Å². The van der Waals surface area contributed by atoms with Crippen LogP contribution in [0.25, 0.3) is 0 Å². The number of nitriles is 1. The maximum atomic E-state index is 9.08. The largest absolute Gasteiger partial charge is 0.349 e. The molecule has 0 spiro atoms. The van der Waals surface area contributed by atoms with Crippen molar-refractivity contribution in [3.05, 3.63) is 53.6 Å². The highest BCUT2D eigenvalue weighted by molar-refractivity contribution is 5.31.